The van der Waals surface area contributed by atoms with Crippen molar-refractivity contribution in [1.82, 2.24) is 4.90 Å². The summed E-state index contributed by atoms with van der Waals surface area (Å²) in [6, 6.07) is 18.8. The molecule has 29 heavy (non-hydrogen) atoms. The van der Waals surface area contributed by atoms with Gasteiger partial charge in [0.15, 0.2) is 0 Å². The first-order valence-electron chi connectivity index (χ1n) is 8.86. The van der Waals surface area contributed by atoms with Crippen LogP contribution in [0.1, 0.15) is 11.3 Å². The molecular formula is C22H15Cl2NO2S2. The molecule has 1 aliphatic heterocycles. The molecule has 0 unspecified atom stereocenters. The summed E-state index contributed by atoms with van der Waals surface area (Å²) in [7, 11) is 0. The standard InChI is InChI=1S/C22H15Cl2NO2S2/c23-15-6-8-18(24)17(12-15)19-9-7-16(27-19)13-20-21(26)25(22(28)29-20)11-10-14-4-2-1-3-5-14/h1-9,12-13H,10-11H2. The van der Waals surface area contributed by atoms with Gasteiger partial charge in [-0.25, -0.2) is 0 Å². The molecular weight excluding hydrogens is 445 g/mol. The van der Waals surface area contributed by atoms with Crippen molar-refractivity contribution in [3.8, 4) is 11.3 Å². The summed E-state index contributed by atoms with van der Waals surface area (Å²) in [5.74, 6) is 1.04. The summed E-state index contributed by atoms with van der Waals surface area (Å²) in [6.07, 6.45) is 2.46. The molecule has 1 aliphatic rings. The van der Waals surface area contributed by atoms with Crippen molar-refractivity contribution in [3.05, 3.63) is 86.9 Å². The van der Waals surface area contributed by atoms with E-state index in [1.54, 1.807) is 41.3 Å². The number of carbonyl (C=O) groups excluding carboxylic acids is 1. The lowest BCUT2D eigenvalue weighted by Crippen LogP contribution is -2.30. The smallest absolute Gasteiger partial charge is 0.266 e. The topological polar surface area (TPSA) is 33.5 Å². The molecule has 146 valence electrons. The fraction of sp³-hybridized carbons (Fsp3) is 0.0909. The van der Waals surface area contributed by atoms with E-state index in [1.807, 2.05) is 30.3 Å². The molecule has 2 aromatic carbocycles. The lowest BCUT2D eigenvalue weighted by atomic mass is 10.1. The second-order valence-electron chi connectivity index (χ2n) is 6.40. The summed E-state index contributed by atoms with van der Waals surface area (Å²) in [4.78, 5) is 15.0. The van der Waals surface area contributed by atoms with E-state index in [4.69, 9.17) is 39.8 Å². The van der Waals surface area contributed by atoms with Gasteiger partial charge in [0.05, 0.1) is 9.93 Å². The Bertz CT molecular complexity index is 1110. The average molecular weight is 460 g/mol. The Morgan fingerprint density at radius 2 is 1.86 bits per heavy atom. The summed E-state index contributed by atoms with van der Waals surface area (Å²) in [5.41, 5.74) is 1.87. The van der Waals surface area contributed by atoms with Gasteiger partial charge in [0, 0.05) is 23.2 Å². The van der Waals surface area contributed by atoms with Crippen molar-refractivity contribution >= 4 is 63.5 Å². The van der Waals surface area contributed by atoms with E-state index in [0.29, 0.717) is 42.9 Å². The summed E-state index contributed by atoms with van der Waals surface area (Å²) in [5, 5.41) is 1.11. The highest BCUT2D eigenvalue weighted by Gasteiger charge is 2.31. The first-order chi connectivity index (χ1) is 14.0. The number of carbonyl (C=O) groups is 1. The Labute approximate surface area is 188 Å². The van der Waals surface area contributed by atoms with Crippen LogP contribution in [0.3, 0.4) is 0 Å². The van der Waals surface area contributed by atoms with E-state index in [2.05, 4.69) is 0 Å². The minimum absolute atomic E-state index is 0.102. The highest BCUT2D eigenvalue weighted by atomic mass is 35.5. The van der Waals surface area contributed by atoms with Gasteiger partial charge in [0.1, 0.15) is 15.8 Å². The molecule has 0 bridgehead atoms. The van der Waals surface area contributed by atoms with Crippen molar-refractivity contribution in [2.45, 2.75) is 6.42 Å². The quantitative estimate of drug-likeness (QED) is 0.314. The maximum absolute atomic E-state index is 12.8. The molecule has 2 heterocycles. The second-order valence-corrected chi connectivity index (χ2v) is 8.91. The Hall–Kier alpha value is -2.05. The van der Waals surface area contributed by atoms with E-state index in [1.165, 1.54) is 17.3 Å². The molecule has 0 N–H and O–H groups in total. The van der Waals surface area contributed by atoms with Crippen LogP contribution in [-0.4, -0.2) is 21.7 Å². The minimum Gasteiger partial charge on any atom is -0.457 e. The molecule has 3 aromatic rings. The van der Waals surface area contributed by atoms with Crippen LogP contribution >= 0.6 is 47.2 Å². The second kappa shape index (κ2) is 8.76. The number of amides is 1. The first kappa shape index (κ1) is 20.2. The van der Waals surface area contributed by atoms with Gasteiger partial charge in [-0.3, -0.25) is 9.69 Å². The lowest BCUT2D eigenvalue weighted by Gasteiger charge is -2.14. The van der Waals surface area contributed by atoms with Crippen LogP contribution in [0.25, 0.3) is 17.4 Å². The molecule has 7 heteroatoms. The number of halogens is 2. The van der Waals surface area contributed by atoms with Gasteiger partial charge in [-0.05, 0) is 42.3 Å². The number of thioether (sulfide) groups is 1. The Morgan fingerprint density at radius 3 is 2.66 bits per heavy atom. The number of hydrogen-bond donors (Lipinski definition) is 0. The van der Waals surface area contributed by atoms with Crippen LogP contribution in [0.5, 0.6) is 0 Å². The van der Waals surface area contributed by atoms with Crippen molar-refractivity contribution in [1.29, 1.82) is 0 Å². The monoisotopic (exact) mass is 459 g/mol. The fourth-order valence-corrected chi connectivity index (χ4v) is 4.64. The van der Waals surface area contributed by atoms with Crippen molar-refractivity contribution in [2.24, 2.45) is 0 Å². The van der Waals surface area contributed by atoms with Gasteiger partial charge in [-0.15, -0.1) is 0 Å². The van der Waals surface area contributed by atoms with Crippen LogP contribution < -0.4 is 0 Å². The molecule has 1 fully saturated rings. The number of nitrogens with zero attached hydrogens (tertiary/aromatic N) is 1. The molecule has 1 aromatic heterocycles. The Morgan fingerprint density at radius 1 is 1.07 bits per heavy atom. The van der Waals surface area contributed by atoms with Gasteiger partial charge >= 0.3 is 0 Å². The van der Waals surface area contributed by atoms with E-state index >= 15 is 0 Å². The highest BCUT2D eigenvalue weighted by Crippen LogP contribution is 2.35. The zero-order valence-electron chi connectivity index (χ0n) is 15.1. The van der Waals surface area contributed by atoms with Crippen LogP contribution in [0, 0.1) is 0 Å². The number of thiocarbonyl (C=S) groups is 1. The molecule has 0 atom stereocenters. The zero-order valence-corrected chi connectivity index (χ0v) is 18.2. The number of hydrogen-bond acceptors (Lipinski definition) is 4. The number of rotatable bonds is 5. The fourth-order valence-electron chi connectivity index (χ4n) is 2.97. The first-order valence-corrected chi connectivity index (χ1v) is 10.8. The van der Waals surface area contributed by atoms with Gasteiger partial charge in [-0.1, -0.05) is 77.5 Å². The van der Waals surface area contributed by atoms with Crippen LogP contribution in [0.4, 0.5) is 0 Å². The number of benzene rings is 2. The maximum atomic E-state index is 12.8. The van der Waals surface area contributed by atoms with Crippen molar-refractivity contribution in [2.75, 3.05) is 6.54 Å². The van der Waals surface area contributed by atoms with Crippen molar-refractivity contribution in [3.63, 3.8) is 0 Å². The highest BCUT2D eigenvalue weighted by molar-refractivity contribution is 8.26. The van der Waals surface area contributed by atoms with Gasteiger partial charge in [-0.2, -0.15) is 0 Å². The SMILES string of the molecule is O=C1C(=Cc2ccc(-c3cc(Cl)ccc3Cl)o2)SC(=S)N1CCc1ccccc1. The van der Waals surface area contributed by atoms with Crippen molar-refractivity contribution < 1.29 is 9.21 Å². The van der Waals surface area contributed by atoms with Crippen LogP contribution in [0.2, 0.25) is 10.0 Å². The molecule has 1 saturated heterocycles. The molecule has 0 aliphatic carbocycles. The molecule has 0 radical (unpaired) electrons. The van der Waals surface area contributed by atoms with Gasteiger partial charge in [0.2, 0.25) is 0 Å². The third kappa shape index (κ3) is 4.59. The Kier molecular flexibility index (Phi) is 6.11. The largest absolute Gasteiger partial charge is 0.457 e. The van der Waals surface area contributed by atoms with E-state index < -0.39 is 0 Å². The molecule has 4 rings (SSSR count). The molecule has 1 amide bonds. The summed E-state index contributed by atoms with van der Waals surface area (Å²) >= 11 is 19.0. The average Bonchev–Trinajstić information content (AvgIpc) is 3.28. The minimum atomic E-state index is -0.102. The third-order valence-corrected chi connectivity index (χ3v) is 6.38. The zero-order chi connectivity index (χ0) is 20.4. The lowest BCUT2D eigenvalue weighted by molar-refractivity contribution is -0.122. The predicted molar refractivity (Wildman–Crippen MR) is 124 cm³/mol. The predicted octanol–water partition coefficient (Wildman–Crippen LogP) is 6.70. The van der Waals surface area contributed by atoms with Crippen LogP contribution in [0.15, 0.2) is 70.0 Å². The van der Waals surface area contributed by atoms with Gasteiger partial charge in [0.25, 0.3) is 5.91 Å². The van der Waals surface area contributed by atoms with E-state index in [-0.39, 0.29) is 5.91 Å². The summed E-state index contributed by atoms with van der Waals surface area (Å²) in [6.45, 7) is 0.549. The van der Waals surface area contributed by atoms with E-state index in [9.17, 15) is 4.79 Å². The maximum Gasteiger partial charge on any atom is 0.266 e. The normalized spacial score (nSPS) is 15.5. The van der Waals surface area contributed by atoms with Crippen LogP contribution in [-0.2, 0) is 11.2 Å². The third-order valence-electron chi connectivity index (χ3n) is 4.43. The molecule has 0 spiro atoms. The van der Waals surface area contributed by atoms with E-state index in [0.717, 1.165) is 6.42 Å². The Balaban J connectivity index is 1.50. The summed E-state index contributed by atoms with van der Waals surface area (Å²) < 4.78 is 6.43. The molecule has 0 saturated carbocycles. The number of furan rings is 1. The van der Waals surface area contributed by atoms with Gasteiger partial charge < -0.3 is 4.42 Å². The molecule has 3 nitrogen and oxygen atoms in total.